The third-order valence-electron chi connectivity index (χ3n) is 2.92. The second kappa shape index (κ2) is 6.02. The van der Waals surface area contributed by atoms with Gasteiger partial charge in [-0.2, -0.15) is 0 Å². The number of amides is 1. The zero-order valence-corrected chi connectivity index (χ0v) is 12.8. The molecule has 0 saturated heterocycles. The molecule has 2 aromatic carbocycles. The summed E-state index contributed by atoms with van der Waals surface area (Å²) in [6, 6.07) is 17.3. The molecule has 1 amide bonds. The number of rotatable bonds is 3. The van der Waals surface area contributed by atoms with E-state index in [2.05, 4.69) is 29.2 Å². The molecule has 0 bridgehead atoms. The molecule has 0 aliphatic rings. The van der Waals surface area contributed by atoms with E-state index in [1.54, 1.807) is 11.9 Å². The van der Waals surface area contributed by atoms with Crippen molar-refractivity contribution in [2.75, 3.05) is 7.05 Å². The maximum Gasteiger partial charge on any atom is 0.259 e. The minimum absolute atomic E-state index is 0.0427. The lowest BCUT2D eigenvalue weighted by Gasteiger charge is -2.20. The van der Waals surface area contributed by atoms with Gasteiger partial charge in [-0.1, -0.05) is 49.0 Å². The van der Waals surface area contributed by atoms with Crippen molar-refractivity contribution < 1.29 is 4.79 Å². The molecular formula is C16H14INO. The predicted octanol–water partition coefficient (Wildman–Crippen LogP) is 4.03. The van der Waals surface area contributed by atoms with Crippen molar-refractivity contribution in [3.05, 3.63) is 75.9 Å². The van der Waals surface area contributed by atoms with Crippen LogP contribution in [0.1, 0.15) is 15.9 Å². The molecule has 0 fully saturated rings. The van der Waals surface area contributed by atoms with Crippen LogP contribution >= 0.6 is 22.6 Å². The Morgan fingerprint density at radius 2 is 1.63 bits per heavy atom. The molecule has 0 saturated carbocycles. The van der Waals surface area contributed by atoms with Gasteiger partial charge < -0.3 is 4.90 Å². The molecule has 0 aliphatic heterocycles. The third kappa shape index (κ3) is 3.04. The van der Waals surface area contributed by atoms with Crippen LogP contribution in [0, 0.1) is 3.57 Å². The topological polar surface area (TPSA) is 20.3 Å². The molecule has 0 spiro atoms. The standard InChI is InChI=1S/C16H14INO/c1-12(13-8-4-3-5-9-13)18(2)16(19)14-10-6-7-11-15(14)17/h3-11H,1H2,2H3. The number of benzene rings is 2. The molecule has 0 heterocycles. The van der Waals surface area contributed by atoms with Gasteiger partial charge in [-0.05, 0) is 40.3 Å². The fourth-order valence-electron chi connectivity index (χ4n) is 1.76. The number of hydrogen-bond donors (Lipinski definition) is 0. The van der Waals surface area contributed by atoms with Crippen LogP contribution in [0.2, 0.25) is 0 Å². The van der Waals surface area contributed by atoms with E-state index in [1.807, 2.05) is 54.6 Å². The highest BCUT2D eigenvalue weighted by Gasteiger charge is 2.17. The molecule has 0 unspecified atom stereocenters. The minimum atomic E-state index is -0.0427. The Morgan fingerprint density at radius 1 is 1.05 bits per heavy atom. The van der Waals surface area contributed by atoms with Crippen LogP contribution in [0.15, 0.2) is 61.2 Å². The summed E-state index contributed by atoms with van der Waals surface area (Å²) in [6.45, 7) is 4.00. The van der Waals surface area contributed by atoms with Crippen LogP contribution < -0.4 is 0 Å². The summed E-state index contributed by atoms with van der Waals surface area (Å²) in [5, 5.41) is 0. The van der Waals surface area contributed by atoms with E-state index in [0.717, 1.165) is 9.13 Å². The maximum atomic E-state index is 12.4. The van der Waals surface area contributed by atoms with Crippen molar-refractivity contribution in [3.8, 4) is 0 Å². The number of halogens is 1. The molecular weight excluding hydrogens is 349 g/mol. The van der Waals surface area contributed by atoms with Crippen molar-refractivity contribution in [2.24, 2.45) is 0 Å². The number of carbonyl (C=O) groups is 1. The molecule has 0 radical (unpaired) electrons. The Bertz CT molecular complexity index is 607. The van der Waals surface area contributed by atoms with E-state index in [4.69, 9.17) is 0 Å². The fourth-order valence-corrected chi connectivity index (χ4v) is 2.38. The molecule has 2 nitrogen and oxygen atoms in total. The van der Waals surface area contributed by atoms with Gasteiger partial charge in [0.25, 0.3) is 5.91 Å². The first-order valence-electron chi connectivity index (χ1n) is 5.88. The van der Waals surface area contributed by atoms with Crippen LogP contribution in [0.4, 0.5) is 0 Å². The van der Waals surface area contributed by atoms with Gasteiger partial charge in [-0.15, -0.1) is 0 Å². The summed E-state index contributed by atoms with van der Waals surface area (Å²) < 4.78 is 0.942. The summed E-state index contributed by atoms with van der Waals surface area (Å²) in [7, 11) is 1.75. The second-order valence-corrected chi connectivity index (χ2v) is 5.32. The average Bonchev–Trinajstić information content (AvgIpc) is 2.46. The highest BCUT2D eigenvalue weighted by atomic mass is 127. The Hall–Kier alpha value is -1.62. The summed E-state index contributed by atoms with van der Waals surface area (Å²) in [4.78, 5) is 14.0. The second-order valence-electron chi connectivity index (χ2n) is 4.16. The molecule has 0 aromatic heterocycles. The van der Waals surface area contributed by atoms with Crippen molar-refractivity contribution >= 4 is 34.2 Å². The first kappa shape index (κ1) is 13.8. The van der Waals surface area contributed by atoms with E-state index < -0.39 is 0 Å². The van der Waals surface area contributed by atoms with Gasteiger partial charge in [-0.3, -0.25) is 4.79 Å². The summed E-state index contributed by atoms with van der Waals surface area (Å²) >= 11 is 2.17. The SMILES string of the molecule is C=C(c1ccccc1)N(C)C(=O)c1ccccc1I. The van der Waals surface area contributed by atoms with Crippen molar-refractivity contribution in [1.82, 2.24) is 4.90 Å². The van der Waals surface area contributed by atoms with Crippen molar-refractivity contribution in [3.63, 3.8) is 0 Å². The smallest absolute Gasteiger partial charge is 0.259 e. The first-order valence-corrected chi connectivity index (χ1v) is 6.96. The maximum absolute atomic E-state index is 12.4. The lowest BCUT2D eigenvalue weighted by atomic mass is 10.1. The molecule has 0 N–H and O–H groups in total. The van der Waals surface area contributed by atoms with Crippen LogP contribution in [0.5, 0.6) is 0 Å². The van der Waals surface area contributed by atoms with E-state index in [1.165, 1.54) is 0 Å². The molecule has 2 rings (SSSR count). The number of hydrogen-bond acceptors (Lipinski definition) is 1. The lowest BCUT2D eigenvalue weighted by molar-refractivity contribution is 0.0860. The average molecular weight is 363 g/mol. The third-order valence-corrected chi connectivity index (χ3v) is 3.86. The molecule has 2 aromatic rings. The molecule has 3 heteroatoms. The van der Waals surface area contributed by atoms with Gasteiger partial charge in [0.1, 0.15) is 0 Å². The normalized spacial score (nSPS) is 10.0. The van der Waals surface area contributed by atoms with Gasteiger partial charge in [0.05, 0.1) is 5.56 Å². The molecule has 19 heavy (non-hydrogen) atoms. The Morgan fingerprint density at radius 3 is 2.26 bits per heavy atom. The van der Waals surface area contributed by atoms with Crippen LogP contribution in [-0.4, -0.2) is 17.9 Å². The van der Waals surface area contributed by atoms with Crippen molar-refractivity contribution in [1.29, 1.82) is 0 Å². The minimum Gasteiger partial charge on any atom is -0.311 e. The molecule has 96 valence electrons. The Labute approximate surface area is 126 Å². The Kier molecular flexibility index (Phi) is 4.37. The number of nitrogens with zero attached hydrogens (tertiary/aromatic N) is 1. The van der Waals surface area contributed by atoms with E-state index >= 15 is 0 Å². The predicted molar refractivity (Wildman–Crippen MR) is 86.7 cm³/mol. The Balaban J connectivity index is 2.26. The van der Waals surface area contributed by atoms with Crippen molar-refractivity contribution in [2.45, 2.75) is 0 Å². The van der Waals surface area contributed by atoms with Gasteiger partial charge in [0.2, 0.25) is 0 Å². The van der Waals surface area contributed by atoms with Gasteiger partial charge in [-0.25, -0.2) is 0 Å². The van der Waals surface area contributed by atoms with E-state index in [9.17, 15) is 4.79 Å². The van der Waals surface area contributed by atoms with Crippen LogP contribution in [0.25, 0.3) is 5.70 Å². The zero-order valence-electron chi connectivity index (χ0n) is 10.6. The van der Waals surface area contributed by atoms with Crippen LogP contribution in [0.3, 0.4) is 0 Å². The fraction of sp³-hybridized carbons (Fsp3) is 0.0625. The van der Waals surface area contributed by atoms with Gasteiger partial charge >= 0.3 is 0 Å². The summed E-state index contributed by atoms with van der Waals surface area (Å²) in [6.07, 6.45) is 0. The van der Waals surface area contributed by atoms with Gasteiger partial charge in [0.15, 0.2) is 0 Å². The number of carbonyl (C=O) groups excluding carboxylic acids is 1. The molecule has 0 atom stereocenters. The highest BCUT2D eigenvalue weighted by molar-refractivity contribution is 14.1. The quantitative estimate of drug-likeness (QED) is 0.754. The summed E-state index contributed by atoms with van der Waals surface area (Å²) in [5.74, 6) is -0.0427. The molecule has 0 aliphatic carbocycles. The first-order chi connectivity index (χ1) is 9.11. The summed E-state index contributed by atoms with van der Waals surface area (Å²) in [5.41, 5.74) is 2.34. The zero-order chi connectivity index (χ0) is 13.8. The lowest BCUT2D eigenvalue weighted by Crippen LogP contribution is -2.25. The van der Waals surface area contributed by atoms with Crippen LogP contribution in [-0.2, 0) is 0 Å². The van der Waals surface area contributed by atoms with E-state index in [-0.39, 0.29) is 5.91 Å². The van der Waals surface area contributed by atoms with E-state index in [0.29, 0.717) is 11.3 Å². The monoisotopic (exact) mass is 363 g/mol. The largest absolute Gasteiger partial charge is 0.311 e. The highest BCUT2D eigenvalue weighted by Crippen LogP contribution is 2.20. The van der Waals surface area contributed by atoms with Gasteiger partial charge in [0, 0.05) is 16.3 Å².